The van der Waals surface area contributed by atoms with E-state index in [9.17, 15) is 0 Å². The molecule has 4 aliphatic rings. The van der Waals surface area contributed by atoms with Gasteiger partial charge in [-0.2, -0.15) is 0 Å². The average molecular weight is 760 g/mol. The Morgan fingerprint density at radius 3 is 1.09 bits per heavy atom. The number of hydrogen-bond acceptors (Lipinski definition) is 2. The van der Waals surface area contributed by atoms with Crippen LogP contribution in [0.25, 0.3) is 0 Å². The molecule has 0 aromatic heterocycles. The van der Waals surface area contributed by atoms with Crippen molar-refractivity contribution in [3.8, 4) is 0 Å². The summed E-state index contributed by atoms with van der Waals surface area (Å²) in [5.74, 6) is 0. The minimum absolute atomic E-state index is 0.788. The molecule has 2 aromatic carbocycles. The number of nitrogens with zero attached hydrogens (tertiary/aromatic N) is 2. The molecule has 6 rings (SSSR count). The van der Waals surface area contributed by atoms with Gasteiger partial charge in [0.05, 0.1) is 0 Å². The zero-order chi connectivity index (χ0) is 31.9. The number of benzene rings is 2. The molecule has 2 aromatic rings. The second kappa shape index (κ2) is 14.2. The Labute approximate surface area is 286 Å². The molecule has 1 heterocycles. The molecule has 0 unspecified atom stereocenters. The molecule has 0 N–H and O–H groups in total. The summed E-state index contributed by atoms with van der Waals surface area (Å²) in [5, 5.41) is 0. The summed E-state index contributed by atoms with van der Waals surface area (Å²) in [4.78, 5) is 5.43. The third-order valence-electron chi connectivity index (χ3n) is 12.0. The van der Waals surface area contributed by atoms with Gasteiger partial charge in [0.1, 0.15) is 0 Å². The average Bonchev–Trinajstić information content (AvgIpc) is 3.43. The second-order valence-corrected chi connectivity index (χ2v) is 38.0. The van der Waals surface area contributed by atoms with E-state index in [4.69, 9.17) is 19.4 Å². The first-order valence-electron chi connectivity index (χ1n) is 18.3. The summed E-state index contributed by atoms with van der Waals surface area (Å²) >= 11 is -3.56. The predicted octanol–water partition coefficient (Wildman–Crippen LogP) is 12.1. The van der Waals surface area contributed by atoms with Gasteiger partial charge in [-0.3, -0.25) is 0 Å². The first-order chi connectivity index (χ1) is 21.6. The van der Waals surface area contributed by atoms with E-state index in [1.165, 1.54) is 145 Å². The minimum atomic E-state index is -3.56. The van der Waals surface area contributed by atoms with E-state index in [2.05, 4.69) is 75.6 Å². The van der Waals surface area contributed by atoms with Crippen LogP contribution in [0.1, 0.15) is 130 Å². The van der Waals surface area contributed by atoms with E-state index >= 15 is 0 Å². The third-order valence-corrected chi connectivity index (χ3v) is 42.8. The molecule has 0 atom stereocenters. The van der Waals surface area contributed by atoms with Crippen LogP contribution in [0.5, 0.6) is 0 Å². The molecule has 0 spiro atoms. The molecule has 1 saturated heterocycles. The Hall–Kier alpha value is -0.457. The Bertz CT molecular complexity index is 1270. The van der Waals surface area contributed by atoms with Crippen molar-refractivity contribution < 1.29 is 11.9 Å². The fourth-order valence-electron chi connectivity index (χ4n) is 10.7. The fourth-order valence-corrected chi connectivity index (χ4v) is 48.8. The SMILES string of the molecule is Cc1cc(C)c(N2CCN(c3c(C)cc(C)cc3C)[C]2=[Ru]([Cl])([Cl])[PH](C2CCCCC2)(C2CCCCC2)C2CCCCC2)c(C)c1. The summed E-state index contributed by atoms with van der Waals surface area (Å²) in [5.41, 5.74) is 11.0. The van der Waals surface area contributed by atoms with Crippen molar-refractivity contribution in [2.45, 2.75) is 155 Å². The van der Waals surface area contributed by atoms with Gasteiger partial charge in [0.2, 0.25) is 0 Å². The van der Waals surface area contributed by atoms with Gasteiger partial charge in [0.15, 0.2) is 0 Å². The maximum absolute atomic E-state index is 8.80. The molecular weight excluding hydrogens is 699 g/mol. The van der Waals surface area contributed by atoms with Gasteiger partial charge in [-0.05, 0) is 0 Å². The third kappa shape index (κ3) is 6.26. The van der Waals surface area contributed by atoms with Crippen molar-refractivity contribution in [1.82, 2.24) is 0 Å². The molecule has 4 fully saturated rings. The summed E-state index contributed by atoms with van der Waals surface area (Å²) in [6.07, 6.45) is 20.8. The number of anilines is 2. The van der Waals surface area contributed by atoms with Gasteiger partial charge in [-0.15, -0.1) is 0 Å². The van der Waals surface area contributed by atoms with Crippen LogP contribution < -0.4 is 9.80 Å². The number of aryl methyl sites for hydroxylation is 6. The van der Waals surface area contributed by atoms with E-state index < -0.39 is 17.5 Å². The molecule has 253 valence electrons. The Kier molecular flexibility index (Phi) is 10.8. The molecule has 0 bridgehead atoms. The van der Waals surface area contributed by atoms with Gasteiger partial charge < -0.3 is 0 Å². The van der Waals surface area contributed by atoms with Gasteiger partial charge in [-0.1, -0.05) is 0 Å². The fraction of sp³-hybridized carbons (Fsp3) is 0.667. The van der Waals surface area contributed by atoms with Crippen LogP contribution in [0.4, 0.5) is 11.4 Å². The monoisotopic (exact) mass is 759 g/mol. The van der Waals surface area contributed by atoms with E-state index in [0.29, 0.717) is 0 Å². The van der Waals surface area contributed by atoms with Gasteiger partial charge in [-0.25, -0.2) is 0 Å². The van der Waals surface area contributed by atoms with Crippen LogP contribution in [0.3, 0.4) is 0 Å². The van der Waals surface area contributed by atoms with Crippen LogP contribution >= 0.6 is 25.0 Å². The molecule has 45 heavy (non-hydrogen) atoms. The van der Waals surface area contributed by atoms with Gasteiger partial charge >= 0.3 is 288 Å². The zero-order valence-electron chi connectivity index (χ0n) is 29.1. The van der Waals surface area contributed by atoms with Crippen LogP contribution in [-0.4, -0.2) is 34.4 Å². The van der Waals surface area contributed by atoms with Crippen molar-refractivity contribution in [3.63, 3.8) is 0 Å². The zero-order valence-corrected chi connectivity index (χ0v) is 33.3. The quantitative estimate of drug-likeness (QED) is 0.214. The first-order valence-corrected chi connectivity index (χ1v) is 28.3. The van der Waals surface area contributed by atoms with E-state index in [1.54, 1.807) is 0 Å². The standard InChI is InChI=1S/C21H26N2.C18H33P.2ClH.Ru/c1-14-9-16(3)20(17(4)10-14)22-7-8-23(13-22)21-18(5)11-15(2)12-19(21)6;1-4-10-16(11-5-1)19(17-12-6-2-7-13-17)18-14-8-3-9-15-18;;;/h9-12H,7-8H2,1-6H3;16-18H,1-15H2;2*1H;/q;;;;+1/p-1. The van der Waals surface area contributed by atoms with E-state index in [0.717, 1.165) is 30.1 Å². The summed E-state index contributed by atoms with van der Waals surface area (Å²) < 4.78 is 1.40. The Morgan fingerprint density at radius 1 is 0.511 bits per heavy atom. The van der Waals surface area contributed by atoms with Gasteiger partial charge in [0.25, 0.3) is 0 Å². The normalized spacial score (nSPS) is 22.4. The predicted molar refractivity (Wildman–Crippen MR) is 202 cm³/mol. The summed E-state index contributed by atoms with van der Waals surface area (Å²) in [6.45, 7) is 15.7. The van der Waals surface area contributed by atoms with Crippen molar-refractivity contribution in [3.05, 3.63) is 57.6 Å². The molecule has 0 amide bonds. The van der Waals surface area contributed by atoms with Crippen LogP contribution in [-0.2, 0) is 11.9 Å². The van der Waals surface area contributed by atoms with Crippen LogP contribution in [0.15, 0.2) is 24.3 Å². The van der Waals surface area contributed by atoms with Crippen LogP contribution in [0, 0.1) is 41.5 Å². The molecule has 6 heteroatoms. The molecular formula is C39H60Cl2N2PRu. The van der Waals surface area contributed by atoms with E-state index in [1.807, 2.05) is 0 Å². The van der Waals surface area contributed by atoms with Crippen molar-refractivity contribution in [2.24, 2.45) is 0 Å². The molecule has 0 radical (unpaired) electrons. The van der Waals surface area contributed by atoms with Crippen LogP contribution in [0.2, 0.25) is 0 Å². The van der Waals surface area contributed by atoms with Crippen molar-refractivity contribution in [2.75, 3.05) is 22.9 Å². The number of hydrogen-bond donors (Lipinski definition) is 0. The summed E-state index contributed by atoms with van der Waals surface area (Å²) in [7, 11) is 17.6. The van der Waals surface area contributed by atoms with Gasteiger partial charge in [0, 0.05) is 0 Å². The second-order valence-electron chi connectivity index (χ2n) is 15.3. The number of halogens is 2. The topological polar surface area (TPSA) is 6.48 Å². The van der Waals surface area contributed by atoms with Crippen molar-refractivity contribution >= 4 is 40.7 Å². The molecule has 3 saturated carbocycles. The first kappa shape index (κ1) is 34.4. The summed E-state index contributed by atoms with van der Waals surface area (Å²) in [6, 6.07) is 9.53. The molecule has 2 nitrogen and oxygen atoms in total. The molecule has 3 aliphatic carbocycles. The maximum atomic E-state index is 8.80. The van der Waals surface area contributed by atoms with Crippen molar-refractivity contribution in [1.29, 1.82) is 0 Å². The Morgan fingerprint density at radius 2 is 0.800 bits per heavy atom. The number of rotatable bonds is 6. The molecule has 1 aliphatic heterocycles. The van der Waals surface area contributed by atoms with E-state index in [-0.39, 0.29) is 0 Å². The Balaban J connectivity index is 1.69.